The van der Waals surface area contributed by atoms with E-state index in [4.69, 9.17) is 4.74 Å². The molecule has 1 heterocycles. The highest BCUT2D eigenvalue weighted by Crippen LogP contribution is 2.18. The van der Waals surface area contributed by atoms with Crippen LogP contribution in [0.2, 0.25) is 0 Å². The van der Waals surface area contributed by atoms with E-state index in [0.29, 0.717) is 5.69 Å². The molecule has 0 aliphatic heterocycles. The van der Waals surface area contributed by atoms with Crippen molar-refractivity contribution >= 4 is 17.9 Å². The second kappa shape index (κ2) is 6.33. The number of imide groups is 1. The number of aromatic nitrogens is 3. The van der Waals surface area contributed by atoms with Crippen LogP contribution in [0.4, 0.5) is 4.79 Å². The Kier molecular flexibility index (Phi) is 4.51. The van der Waals surface area contributed by atoms with E-state index in [1.165, 1.54) is 4.68 Å². The normalized spacial score (nSPS) is 13.6. The zero-order valence-corrected chi connectivity index (χ0v) is 11.9. The summed E-state index contributed by atoms with van der Waals surface area (Å²) in [4.78, 5) is 34.7. The van der Waals surface area contributed by atoms with E-state index in [-0.39, 0.29) is 24.9 Å². The van der Waals surface area contributed by atoms with Gasteiger partial charge < -0.3 is 10.1 Å². The molecule has 1 aromatic rings. The second-order valence-electron chi connectivity index (χ2n) is 4.70. The van der Waals surface area contributed by atoms with Crippen molar-refractivity contribution < 1.29 is 19.1 Å². The molecule has 0 atom stereocenters. The van der Waals surface area contributed by atoms with Crippen molar-refractivity contribution in [3.05, 3.63) is 11.4 Å². The zero-order chi connectivity index (χ0) is 15.4. The Labute approximate surface area is 121 Å². The minimum Gasteiger partial charge on any atom is -0.461 e. The molecule has 9 heteroatoms. The fourth-order valence-corrected chi connectivity index (χ4v) is 1.65. The Morgan fingerprint density at radius 3 is 2.71 bits per heavy atom. The maximum Gasteiger partial charge on any atom is 0.360 e. The third-order valence-electron chi connectivity index (χ3n) is 2.91. The molecule has 0 unspecified atom stereocenters. The summed E-state index contributed by atoms with van der Waals surface area (Å²) >= 11 is 0. The standard InChI is InChI=1S/C12H17N5O4/c1-3-21-11(19)10-7(2)17(16-15-10)6-9(18)14-12(20)13-8-4-5-8/h8H,3-6H2,1-2H3,(H2,13,14,18,20). The van der Waals surface area contributed by atoms with Crippen molar-refractivity contribution in [1.82, 2.24) is 25.6 Å². The average Bonchev–Trinajstić information content (AvgIpc) is 3.14. The first kappa shape index (κ1) is 14.9. The number of hydrogen-bond acceptors (Lipinski definition) is 6. The summed E-state index contributed by atoms with van der Waals surface area (Å²) in [6.07, 6.45) is 1.87. The first-order chi connectivity index (χ1) is 10.0. The lowest BCUT2D eigenvalue weighted by Crippen LogP contribution is -2.42. The molecule has 21 heavy (non-hydrogen) atoms. The summed E-state index contributed by atoms with van der Waals surface area (Å²) in [7, 11) is 0. The van der Waals surface area contributed by atoms with Crippen LogP contribution in [0.5, 0.6) is 0 Å². The van der Waals surface area contributed by atoms with Crippen LogP contribution in [0.15, 0.2) is 0 Å². The lowest BCUT2D eigenvalue weighted by molar-refractivity contribution is -0.120. The lowest BCUT2D eigenvalue weighted by atomic mass is 10.3. The Morgan fingerprint density at radius 1 is 1.38 bits per heavy atom. The van der Waals surface area contributed by atoms with Crippen molar-refractivity contribution in [3.8, 4) is 0 Å². The van der Waals surface area contributed by atoms with Gasteiger partial charge in [0.2, 0.25) is 5.91 Å². The van der Waals surface area contributed by atoms with Gasteiger partial charge in [-0.1, -0.05) is 5.21 Å². The summed E-state index contributed by atoms with van der Waals surface area (Å²) in [5, 5.41) is 12.2. The molecule has 1 aliphatic rings. The van der Waals surface area contributed by atoms with Crippen LogP contribution < -0.4 is 10.6 Å². The fraction of sp³-hybridized carbons (Fsp3) is 0.583. The highest BCUT2D eigenvalue weighted by Gasteiger charge is 2.24. The topological polar surface area (TPSA) is 115 Å². The molecular formula is C12H17N5O4. The van der Waals surface area contributed by atoms with Gasteiger partial charge in [0, 0.05) is 6.04 Å². The molecule has 114 valence electrons. The number of ether oxygens (including phenoxy) is 1. The number of amides is 3. The summed E-state index contributed by atoms with van der Waals surface area (Å²) in [6, 6.07) is -0.354. The largest absolute Gasteiger partial charge is 0.461 e. The molecule has 1 saturated carbocycles. The Balaban J connectivity index is 1.91. The van der Waals surface area contributed by atoms with E-state index in [9.17, 15) is 14.4 Å². The Morgan fingerprint density at radius 2 is 2.10 bits per heavy atom. The van der Waals surface area contributed by atoms with Gasteiger partial charge in [0.05, 0.1) is 12.3 Å². The molecule has 3 amide bonds. The molecule has 1 aromatic heterocycles. The summed E-state index contributed by atoms with van der Waals surface area (Å²) in [5.41, 5.74) is 0.471. The lowest BCUT2D eigenvalue weighted by Gasteiger charge is -2.06. The molecule has 0 aromatic carbocycles. The molecular weight excluding hydrogens is 278 g/mol. The summed E-state index contributed by atoms with van der Waals surface area (Å²) in [5.74, 6) is -1.12. The van der Waals surface area contributed by atoms with Crippen LogP contribution in [-0.4, -0.2) is 45.6 Å². The highest BCUT2D eigenvalue weighted by molar-refractivity contribution is 5.94. The molecule has 9 nitrogen and oxygen atoms in total. The smallest absolute Gasteiger partial charge is 0.360 e. The predicted octanol–water partition coefficient (Wildman–Crippen LogP) is -0.249. The van der Waals surface area contributed by atoms with Gasteiger partial charge in [0.25, 0.3) is 0 Å². The van der Waals surface area contributed by atoms with Crippen molar-refractivity contribution in [1.29, 1.82) is 0 Å². The van der Waals surface area contributed by atoms with Crippen molar-refractivity contribution in [3.63, 3.8) is 0 Å². The first-order valence-corrected chi connectivity index (χ1v) is 6.68. The van der Waals surface area contributed by atoms with Crippen LogP contribution in [0.25, 0.3) is 0 Å². The van der Waals surface area contributed by atoms with Crippen molar-refractivity contribution in [2.45, 2.75) is 39.3 Å². The predicted molar refractivity (Wildman–Crippen MR) is 70.4 cm³/mol. The minimum atomic E-state index is -0.590. The quantitative estimate of drug-likeness (QED) is 0.724. The number of rotatable bonds is 5. The monoisotopic (exact) mass is 295 g/mol. The molecule has 2 rings (SSSR count). The van der Waals surface area contributed by atoms with E-state index in [1.807, 2.05) is 0 Å². The van der Waals surface area contributed by atoms with Gasteiger partial charge >= 0.3 is 12.0 Å². The molecule has 0 bridgehead atoms. The van der Waals surface area contributed by atoms with Gasteiger partial charge in [-0.2, -0.15) is 0 Å². The third-order valence-corrected chi connectivity index (χ3v) is 2.91. The van der Waals surface area contributed by atoms with Crippen LogP contribution in [0.1, 0.15) is 35.9 Å². The highest BCUT2D eigenvalue weighted by atomic mass is 16.5. The minimum absolute atomic E-state index is 0.0621. The maximum atomic E-state index is 11.7. The number of esters is 1. The molecule has 0 radical (unpaired) electrons. The molecule has 0 saturated heterocycles. The van der Waals surface area contributed by atoms with E-state index in [1.54, 1.807) is 13.8 Å². The van der Waals surface area contributed by atoms with Gasteiger partial charge in [-0.05, 0) is 26.7 Å². The van der Waals surface area contributed by atoms with Gasteiger partial charge in [-0.15, -0.1) is 5.10 Å². The van der Waals surface area contributed by atoms with E-state index < -0.39 is 17.9 Å². The number of carbonyl (C=O) groups is 3. The van der Waals surface area contributed by atoms with Crippen LogP contribution >= 0.6 is 0 Å². The zero-order valence-electron chi connectivity index (χ0n) is 11.9. The maximum absolute atomic E-state index is 11.7. The molecule has 1 aliphatic carbocycles. The van der Waals surface area contributed by atoms with Gasteiger partial charge in [0.15, 0.2) is 5.69 Å². The van der Waals surface area contributed by atoms with Crippen LogP contribution in [-0.2, 0) is 16.1 Å². The number of hydrogen-bond donors (Lipinski definition) is 2. The van der Waals surface area contributed by atoms with Gasteiger partial charge in [0.1, 0.15) is 6.54 Å². The van der Waals surface area contributed by atoms with Crippen molar-refractivity contribution in [2.24, 2.45) is 0 Å². The van der Waals surface area contributed by atoms with Gasteiger partial charge in [-0.25, -0.2) is 14.3 Å². The van der Waals surface area contributed by atoms with Crippen LogP contribution in [0, 0.1) is 6.92 Å². The Bertz CT molecular complexity index is 564. The number of nitrogens with one attached hydrogen (secondary N) is 2. The average molecular weight is 295 g/mol. The van der Waals surface area contributed by atoms with E-state index in [2.05, 4.69) is 20.9 Å². The molecule has 1 fully saturated rings. The number of urea groups is 1. The Hall–Kier alpha value is -2.45. The fourth-order valence-electron chi connectivity index (χ4n) is 1.65. The molecule has 2 N–H and O–H groups in total. The first-order valence-electron chi connectivity index (χ1n) is 6.68. The van der Waals surface area contributed by atoms with E-state index >= 15 is 0 Å². The SMILES string of the molecule is CCOC(=O)c1nnn(CC(=O)NC(=O)NC2CC2)c1C. The second-order valence-corrected chi connectivity index (χ2v) is 4.70. The number of carbonyl (C=O) groups excluding carboxylic acids is 3. The number of nitrogens with zero attached hydrogens (tertiary/aromatic N) is 3. The van der Waals surface area contributed by atoms with Crippen LogP contribution in [0.3, 0.4) is 0 Å². The van der Waals surface area contributed by atoms with Gasteiger partial charge in [-0.3, -0.25) is 10.1 Å². The summed E-state index contributed by atoms with van der Waals surface area (Å²) < 4.78 is 6.06. The summed E-state index contributed by atoms with van der Waals surface area (Å²) in [6.45, 7) is 3.32. The third kappa shape index (κ3) is 4.01. The van der Waals surface area contributed by atoms with E-state index in [0.717, 1.165) is 12.8 Å². The van der Waals surface area contributed by atoms with Crippen molar-refractivity contribution in [2.75, 3.05) is 6.61 Å². The molecule has 0 spiro atoms.